The Bertz CT molecular complexity index is 1580. The molecule has 2 aliphatic rings. The van der Waals surface area contributed by atoms with E-state index in [0.717, 1.165) is 28.6 Å². The Morgan fingerprint density at radius 3 is 2.56 bits per heavy atom. The number of aliphatic hydroxyl groups is 2. The fourth-order valence-corrected chi connectivity index (χ4v) is 6.76. The Hall–Kier alpha value is -3.46. The first-order chi connectivity index (χ1) is 19.4. The van der Waals surface area contributed by atoms with Crippen LogP contribution >= 0.6 is 0 Å². The summed E-state index contributed by atoms with van der Waals surface area (Å²) in [4.78, 5) is 17.4. The van der Waals surface area contributed by atoms with Gasteiger partial charge in [0.15, 0.2) is 0 Å². The Balaban J connectivity index is 1.24. The second kappa shape index (κ2) is 11.1. The molecule has 0 unspecified atom stereocenters. The summed E-state index contributed by atoms with van der Waals surface area (Å²) in [5.41, 5.74) is 0.707. The number of benzene rings is 2. The number of amides is 1. The van der Waals surface area contributed by atoms with Crippen LogP contribution in [0.2, 0.25) is 0 Å². The average molecular weight is 595 g/mol. The van der Waals surface area contributed by atoms with Gasteiger partial charge < -0.3 is 24.8 Å². The van der Waals surface area contributed by atoms with Gasteiger partial charge in [0.2, 0.25) is 10.0 Å². The van der Waals surface area contributed by atoms with Crippen LogP contribution in [0.4, 0.5) is 13.2 Å². The lowest BCUT2D eigenvalue weighted by Gasteiger charge is -2.34. The molecule has 2 aromatic carbocycles. The third kappa shape index (κ3) is 6.25. The van der Waals surface area contributed by atoms with Gasteiger partial charge in [-0.3, -0.25) is 9.79 Å². The van der Waals surface area contributed by atoms with E-state index >= 15 is 0 Å². The molecule has 1 saturated heterocycles. The minimum absolute atomic E-state index is 0.0728. The van der Waals surface area contributed by atoms with Gasteiger partial charge in [0.1, 0.15) is 17.1 Å². The molecule has 0 bridgehead atoms. The van der Waals surface area contributed by atoms with E-state index in [1.54, 1.807) is 10.8 Å². The van der Waals surface area contributed by atoms with Gasteiger partial charge in [-0.1, -0.05) is 24.3 Å². The van der Waals surface area contributed by atoms with E-state index in [0.29, 0.717) is 0 Å². The maximum Gasteiger partial charge on any atom is 0.573 e. The van der Waals surface area contributed by atoms with Crippen LogP contribution in [0.1, 0.15) is 24.0 Å². The van der Waals surface area contributed by atoms with Crippen molar-refractivity contribution < 1.29 is 41.3 Å². The van der Waals surface area contributed by atoms with Crippen LogP contribution in [0.25, 0.3) is 10.9 Å². The molecule has 220 valence electrons. The minimum atomic E-state index is -4.86. The quantitative estimate of drug-likeness (QED) is 0.348. The van der Waals surface area contributed by atoms with E-state index in [4.69, 9.17) is 5.11 Å². The Labute approximate surface area is 234 Å². The summed E-state index contributed by atoms with van der Waals surface area (Å²) in [5, 5.41) is 22.4. The molecule has 1 spiro atoms. The maximum atomic E-state index is 13.2. The number of aryl methyl sites for hydroxylation is 1. The Morgan fingerprint density at radius 1 is 1.12 bits per heavy atom. The zero-order valence-electron chi connectivity index (χ0n) is 21.8. The molecule has 3 N–H and O–H groups in total. The zero-order chi connectivity index (χ0) is 29.4. The van der Waals surface area contributed by atoms with Crippen molar-refractivity contribution in [1.82, 2.24) is 14.2 Å². The summed E-state index contributed by atoms with van der Waals surface area (Å²) in [5.74, 6) is -0.889. The van der Waals surface area contributed by atoms with E-state index in [1.807, 2.05) is 24.3 Å². The van der Waals surface area contributed by atoms with Crippen LogP contribution in [0.3, 0.4) is 0 Å². The second-order valence-electron chi connectivity index (χ2n) is 10.1. The molecule has 3 heterocycles. The largest absolute Gasteiger partial charge is 0.573 e. The van der Waals surface area contributed by atoms with Gasteiger partial charge in [-0.05, 0) is 49.1 Å². The number of piperidine rings is 1. The van der Waals surface area contributed by atoms with Crippen molar-refractivity contribution in [2.24, 2.45) is 4.99 Å². The number of hydrogen-bond donors (Lipinski definition) is 3. The smallest absolute Gasteiger partial charge is 0.406 e. The van der Waals surface area contributed by atoms with Gasteiger partial charge in [0, 0.05) is 35.8 Å². The van der Waals surface area contributed by atoms with E-state index in [9.17, 15) is 31.5 Å². The van der Waals surface area contributed by atoms with Crippen LogP contribution in [-0.4, -0.2) is 82.7 Å². The van der Waals surface area contributed by atoms with Gasteiger partial charge in [0.05, 0.1) is 25.0 Å². The molecule has 10 nitrogen and oxygen atoms in total. The van der Waals surface area contributed by atoms with E-state index in [2.05, 4.69) is 15.0 Å². The molecule has 41 heavy (non-hydrogen) atoms. The highest BCUT2D eigenvalue weighted by Crippen LogP contribution is 2.33. The SMILES string of the molecule is O=C1NC(c2cccc(OC(F)(F)F)c2)=NC12CCN(S(=O)(=O)CCc1cccc3c1ccn3C[C@H](O)CO)CC2. The third-order valence-corrected chi connectivity index (χ3v) is 9.29. The van der Waals surface area contributed by atoms with Crippen LogP contribution in [0, 0.1) is 0 Å². The molecular formula is C27H29F3N4O6S. The average Bonchev–Trinajstić information content (AvgIpc) is 3.48. The molecule has 1 fully saturated rings. The van der Waals surface area contributed by atoms with E-state index in [-0.39, 0.29) is 62.7 Å². The first kappa shape index (κ1) is 29.0. The number of hydrogen-bond acceptors (Lipinski definition) is 7. The second-order valence-corrected chi connectivity index (χ2v) is 12.2. The Kier molecular flexibility index (Phi) is 7.85. The van der Waals surface area contributed by atoms with Gasteiger partial charge in [0.25, 0.3) is 5.91 Å². The van der Waals surface area contributed by atoms with Crippen molar-refractivity contribution in [3.63, 3.8) is 0 Å². The number of rotatable bonds is 9. The van der Waals surface area contributed by atoms with E-state index in [1.165, 1.54) is 16.4 Å². The molecule has 0 radical (unpaired) electrons. The summed E-state index contributed by atoms with van der Waals surface area (Å²) in [6.45, 7) is -0.0122. The summed E-state index contributed by atoms with van der Waals surface area (Å²) in [6.07, 6.45) is -3.47. The predicted molar refractivity (Wildman–Crippen MR) is 144 cm³/mol. The number of aliphatic hydroxyl groups excluding tert-OH is 2. The minimum Gasteiger partial charge on any atom is -0.406 e. The summed E-state index contributed by atoms with van der Waals surface area (Å²) < 4.78 is 71.4. The van der Waals surface area contributed by atoms with Crippen LogP contribution in [0.5, 0.6) is 5.75 Å². The molecule has 0 saturated carbocycles. The number of aliphatic imine (C=N–C) groups is 1. The van der Waals surface area contributed by atoms with Crippen molar-refractivity contribution in [1.29, 1.82) is 0 Å². The summed E-state index contributed by atoms with van der Waals surface area (Å²) in [7, 11) is -3.67. The number of alkyl halides is 3. The van der Waals surface area contributed by atoms with E-state index < -0.39 is 39.7 Å². The highest BCUT2D eigenvalue weighted by atomic mass is 32.2. The van der Waals surface area contributed by atoms with Gasteiger partial charge in [-0.2, -0.15) is 0 Å². The van der Waals surface area contributed by atoms with Crippen molar-refractivity contribution >= 4 is 32.7 Å². The third-order valence-electron chi connectivity index (χ3n) is 7.42. The number of amidine groups is 1. The highest BCUT2D eigenvalue weighted by Gasteiger charge is 2.47. The van der Waals surface area contributed by atoms with Crippen molar-refractivity contribution in [3.05, 3.63) is 65.9 Å². The normalized spacial score (nSPS) is 18.5. The predicted octanol–water partition coefficient (Wildman–Crippen LogP) is 2.18. The number of fused-ring (bicyclic) bond motifs is 1. The molecule has 3 aromatic rings. The molecule has 1 amide bonds. The number of halogens is 3. The van der Waals surface area contributed by atoms with Gasteiger partial charge in [-0.15, -0.1) is 13.2 Å². The molecule has 5 rings (SSSR count). The summed E-state index contributed by atoms with van der Waals surface area (Å²) >= 11 is 0. The van der Waals surface area contributed by atoms with Crippen molar-refractivity contribution in [2.75, 3.05) is 25.4 Å². The molecule has 2 aliphatic heterocycles. The number of carbonyl (C=O) groups is 1. The standard InChI is InChI=1S/C27H29F3N4O6S/c28-27(29,30)40-21-5-1-4-19(15-21)24-31-25(37)26(32-24)9-12-34(13-10-26)41(38,39)14-8-18-3-2-6-23-22(18)7-11-33(23)16-20(36)17-35/h1-7,11,15,20,35-36H,8-10,12-14,16-17H2,(H,31,32,37)/t20-/m0/s1. The number of ether oxygens (including phenoxy) is 1. The first-order valence-electron chi connectivity index (χ1n) is 13.0. The Morgan fingerprint density at radius 2 is 1.85 bits per heavy atom. The molecule has 14 heteroatoms. The number of nitrogens with one attached hydrogen (secondary N) is 1. The fourth-order valence-electron chi connectivity index (χ4n) is 5.28. The van der Waals surface area contributed by atoms with Crippen LogP contribution in [0.15, 0.2) is 59.7 Å². The zero-order valence-corrected chi connectivity index (χ0v) is 22.7. The lowest BCUT2D eigenvalue weighted by Crippen LogP contribution is -2.50. The lowest BCUT2D eigenvalue weighted by molar-refractivity contribution is -0.274. The fraction of sp³-hybridized carbons (Fsp3) is 0.407. The molecule has 1 aromatic heterocycles. The first-order valence-corrected chi connectivity index (χ1v) is 14.6. The molecular weight excluding hydrogens is 565 g/mol. The summed E-state index contributed by atoms with van der Waals surface area (Å²) in [6, 6.07) is 12.5. The number of nitrogens with zero attached hydrogens (tertiary/aromatic N) is 3. The lowest BCUT2D eigenvalue weighted by atomic mass is 9.89. The number of sulfonamides is 1. The molecule has 1 atom stereocenters. The van der Waals surface area contributed by atoms with Crippen LogP contribution < -0.4 is 10.1 Å². The monoisotopic (exact) mass is 594 g/mol. The maximum absolute atomic E-state index is 13.2. The van der Waals surface area contributed by atoms with Gasteiger partial charge in [-0.25, -0.2) is 12.7 Å². The number of aromatic nitrogens is 1. The van der Waals surface area contributed by atoms with Crippen molar-refractivity contribution in [3.8, 4) is 5.75 Å². The van der Waals surface area contributed by atoms with Gasteiger partial charge >= 0.3 is 6.36 Å². The topological polar surface area (TPSA) is 133 Å². The highest BCUT2D eigenvalue weighted by molar-refractivity contribution is 7.89. The molecule has 0 aliphatic carbocycles. The van der Waals surface area contributed by atoms with Crippen LogP contribution in [-0.2, 0) is 27.8 Å². The van der Waals surface area contributed by atoms with Crippen molar-refractivity contribution in [2.45, 2.75) is 43.8 Å². The number of carbonyl (C=O) groups excluding carboxylic acids is 1.